The molecule has 1 fully saturated rings. The minimum atomic E-state index is -0.898. The normalized spacial score (nSPS) is 37.5. The van der Waals surface area contributed by atoms with E-state index in [1.807, 2.05) is 0 Å². The highest BCUT2D eigenvalue weighted by molar-refractivity contribution is 4.78. The molecule has 1 atom stereocenters. The summed E-state index contributed by atoms with van der Waals surface area (Å²) in [5.74, 6) is 0. The first-order chi connectivity index (χ1) is 4.60. The Morgan fingerprint density at radius 2 is 2.00 bits per heavy atom. The van der Waals surface area contributed by atoms with Gasteiger partial charge in [-0.3, -0.25) is 0 Å². The first-order valence-corrected chi connectivity index (χ1v) is 3.98. The third kappa shape index (κ3) is 2.25. The molecule has 0 N–H and O–H groups in total. The minimum absolute atomic E-state index is 0.698. The summed E-state index contributed by atoms with van der Waals surface area (Å²) >= 11 is 0. The van der Waals surface area contributed by atoms with Gasteiger partial charge in [0.15, 0.2) is 0 Å². The van der Waals surface area contributed by atoms with Crippen LogP contribution in [0.15, 0.2) is 0 Å². The van der Waals surface area contributed by atoms with Gasteiger partial charge in [0.25, 0.3) is 0 Å². The molecule has 0 aromatic carbocycles. The van der Waals surface area contributed by atoms with Crippen LogP contribution >= 0.6 is 0 Å². The summed E-state index contributed by atoms with van der Waals surface area (Å²) in [6.45, 7) is 3.68. The molecule has 0 bridgehead atoms. The molecule has 0 saturated carbocycles. The molecule has 0 spiro atoms. The molecule has 1 saturated heterocycles. The van der Waals surface area contributed by atoms with Gasteiger partial charge in [0.2, 0.25) is 0 Å². The fourth-order valence-corrected chi connectivity index (χ4v) is 1.38. The summed E-state index contributed by atoms with van der Waals surface area (Å²) in [5.41, 5.74) is -0.898. The molecule has 0 aliphatic carbocycles. The van der Waals surface area contributed by atoms with Crippen molar-refractivity contribution < 1.29 is 4.39 Å². The van der Waals surface area contributed by atoms with E-state index < -0.39 is 5.67 Å². The predicted molar refractivity (Wildman–Crippen MR) is 40.9 cm³/mol. The first kappa shape index (κ1) is 7.99. The van der Waals surface area contributed by atoms with E-state index in [4.69, 9.17) is 0 Å². The fourth-order valence-electron chi connectivity index (χ4n) is 1.38. The van der Waals surface area contributed by atoms with Crippen LogP contribution in [0.3, 0.4) is 0 Å². The Hall–Kier alpha value is -0.110. The Labute approximate surface area is 62.2 Å². The van der Waals surface area contributed by atoms with Crippen LogP contribution in [-0.4, -0.2) is 30.7 Å². The Morgan fingerprint density at radius 3 is 2.70 bits per heavy atom. The molecule has 1 heterocycles. The van der Waals surface area contributed by atoms with Crippen LogP contribution < -0.4 is 0 Å². The molecule has 1 aliphatic rings. The zero-order valence-corrected chi connectivity index (χ0v) is 6.86. The summed E-state index contributed by atoms with van der Waals surface area (Å²) in [7, 11) is 2.06. The lowest BCUT2D eigenvalue weighted by molar-refractivity contribution is 0.164. The molecule has 0 aromatic heterocycles. The summed E-state index contributed by atoms with van der Waals surface area (Å²) in [5, 5.41) is 0. The van der Waals surface area contributed by atoms with E-state index in [2.05, 4.69) is 11.9 Å². The van der Waals surface area contributed by atoms with Gasteiger partial charge in [0, 0.05) is 6.54 Å². The lowest BCUT2D eigenvalue weighted by atomic mass is 10.0. The fraction of sp³-hybridized carbons (Fsp3) is 1.00. The number of alkyl halides is 1. The Balaban J connectivity index is 2.41. The van der Waals surface area contributed by atoms with Crippen LogP contribution in [0.1, 0.15) is 26.2 Å². The minimum Gasteiger partial charge on any atom is -0.306 e. The number of likely N-dealkylation sites (tertiary alicyclic amines) is 1. The second kappa shape index (κ2) is 2.87. The summed E-state index contributed by atoms with van der Waals surface area (Å²) < 4.78 is 13.3. The molecule has 0 radical (unpaired) electrons. The molecule has 1 unspecified atom stereocenters. The average Bonchev–Trinajstić information content (AvgIpc) is 1.94. The largest absolute Gasteiger partial charge is 0.306 e. The lowest BCUT2D eigenvalue weighted by Crippen LogP contribution is -2.22. The lowest BCUT2D eigenvalue weighted by Gasteiger charge is -2.16. The third-order valence-electron chi connectivity index (χ3n) is 2.25. The van der Waals surface area contributed by atoms with Gasteiger partial charge in [-0.25, -0.2) is 4.39 Å². The molecular formula is C8H16FN. The average molecular weight is 145 g/mol. The number of hydrogen-bond acceptors (Lipinski definition) is 1. The molecule has 2 heteroatoms. The van der Waals surface area contributed by atoms with Crippen molar-refractivity contribution in [2.24, 2.45) is 0 Å². The first-order valence-electron chi connectivity index (χ1n) is 3.98. The molecule has 0 amide bonds. The zero-order chi connectivity index (χ0) is 7.61. The van der Waals surface area contributed by atoms with E-state index >= 15 is 0 Å². The van der Waals surface area contributed by atoms with Crippen LogP contribution in [0.5, 0.6) is 0 Å². The van der Waals surface area contributed by atoms with Gasteiger partial charge in [-0.05, 0) is 39.8 Å². The molecule has 60 valence electrons. The Bertz CT molecular complexity index is 112. The molecule has 1 nitrogen and oxygen atoms in total. The number of nitrogens with zero attached hydrogens (tertiary/aromatic N) is 1. The van der Waals surface area contributed by atoms with E-state index in [-0.39, 0.29) is 0 Å². The monoisotopic (exact) mass is 145 g/mol. The van der Waals surface area contributed by atoms with Gasteiger partial charge in [0.05, 0.1) is 0 Å². The SMILES string of the molecule is CN1CCCC(C)(F)CC1. The standard InChI is InChI=1S/C8H16FN/c1-8(9)4-3-6-10(2)7-5-8/h3-7H2,1-2H3. The highest BCUT2D eigenvalue weighted by atomic mass is 19.1. The maximum Gasteiger partial charge on any atom is 0.109 e. The van der Waals surface area contributed by atoms with Gasteiger partial charge >= 0.3 is 0 Å². The van der Waals surface area contributed by atoms with E-state index in [1.54, 1.807) is 6.92 Å². The van der Waals surface area contributed by atoms with Crippen LogP contribution in [0.4, 0.5) is 4.39 Å². The highest BCUT2D eigenvalue weighted by Crippen LogP contribution is 2.24. The van der Waals surface area contributed by atoms with Crippen molar-refractivity contribution in [3.8, 4) is 0 Å². The topological polar surface area (TPSA) is 3.24 Å². The molecule has 1 aliphatic heterocycles. The van der Waals surface area contributed by atoms with Gasteiger partial charge in [-0.2, -0.15) is 0 Å². The molecule has 10 heavy (non-hydrogen) atoms. The zero-order valence-electron chi connectivity index (χ0n) is 6.86. The van der Waals surface area contributed by atoms with Crippen molar-refractivity contribution in [2.75, 3.05) is 20.1 Å². The molecule has 1 rings (SSSR count). The van der Waals surface area contributed by atoms with E-state index in [0.29, 0.717) is 6.42 Å². The Morgan fingerprint density at radius 1 is 1.30 bits per heavy atom. The van der Waals surface area contributed by atoms with Crippen LogP contribution in [0.25, 0.3) is 0 Å². The summed E-state index contributed by atoms with van der Waals surface area (Å²) in [6.07, 6.45) is 2.43. The van der Waals surface area contributed by atoms with Crippen molar-refractivity contribution in [3.63, 3.8) is 0 Å². The maximum absolute atomic E-state index is 13.3. The second-order valence-corrected chi connectivity index (χ2v) is 3.57. The summed E-state index contributed by atoms with van der Waals surface area (Å²) in [6, 6.07) is 0. The van der Waals surface area contributed by atoms with E-state index in [0.717, 1.165) is 25.9 Å². The summed E-state index contributed by atoms with van der Waals surface area (Å²) in [4.78, 5) is 2.20. The number of hydrogen-bond donors (Lipinski definition) is 0. The second-order valence-electron chi connectivity index (χ2n) is 3.57. The highest BCUT2D eigenvalue weighted by Gasteiger charge is 2.25. The molecular weight excluding hydrogens is 129 g/mol. The smallest absolute Gasteiger partial charge is 0.109 e. The third-order valence-corrected chi connectivity index (χ3v) is 2.25. The van der Waals surface area contributed by atoms with Gasteiger partial charge in [-0.1, -0.05) is 0 Å². The Kier molecular flexibility index (Phi) is 2.29. The van der Waals surface area contributed by atoms with Crippen molar-refractivity contribution in [3.05, 3.63) is 0 Å². The van der Waals surface area contributed by atoms with Gasteiger partial charge in [-0.15, -0.1) is 0 Å². The number of halogens is 1. The predicted octanol–water partition coefficient (Wildman–Crippen LogP) is 1.83. The van der Waals surface area contributed by atoms with Crippen LogP contribution in [0, 0.1) is 0 Å². The van der Waals surface area contributed by atoms with Gasteiger partial charge in [0.1, 0.15) is 5.67 Å². The van der Waals surface area contributed by atoms with Gasteiger partial charge < -0.3 is 4.90 Å². The van der Waals surface area contributed by atoms with E-state index in [9.17, 15) is 4.39 Å². The van der Waals surface area contributed by atoms with Crippen molar-refractivity contribution in [1.82, 2.24) is 4.90 Å². The van der Waals surface area contributed by atoms with Crippen molar-refractivity contribution >= 4 is 0 Å². The van der Waals surface area contributed by atoms with Crippen molar-refractivity contribution in [2.45, 2.75) is 31.9 Å². The quantitative estimate of drug-likeness (QED) is 0.502. The maximum atomic E-state index is 13.3. The number of rotatable bonds is 0. The molecule has 0 aromatic rings. The van der Waals surface area contributed by atoms with E-state index in [1.165, 1.54) is 0 Å². The van der Waals surface area contributed by atoms with Crippen LogP contribution in [-0.2, 0) is 0 Å². The van der Waals surface area contributed by atoms with Crippen molar-refractivity contribution in [1.29, 1.82) is 0 Å². The van der Waals surface area contributed by atoms with Crippen LogP contribution in [0.2, 0.25) is 0 Å².